The molecule has 0 saturated carbocycles. The third kappa shape index (κ3) is 6.29. The molecule has 1 fully saturated rings. The molecule has 4 rings (SSSR count). The van der Waals surface area contributed by atoms with Gasteiger partial charge in [-0.1, -0.05) is 48.0 Å². The number of hydrogen-bond acceptors (Lipinski definition) is 4. The van der Waals surface area contributed by atoms with Crippen LogP contribution >= 0.6 is 0 Å². The van der Waals surface area contributed by atoms with Gasteiger partial charge in [-0.05, 0) is 74.6 Å². The Hall–Kier alpha value is -3.16. The number of carbonyl (C=O) groups is 1. The molecular formula is C28H33N3O3S. The third-order valence-electron chi connectivity index (χ3n) is 6.65. The van der Waals surface area contributed by atoms with Crippen molar-refractivity contribution < 1.29 is 13.2 Å². The predicted octanol–water partition coefficient (Wildman–Crippen LogP) is 4.81. The summed E-state index contributed by atoms with van der Waals surface area (Å²) in [6.45, 7) is 8.64. The lowest BCUT2D eigenvalue weighted by molar-refractivity contribution is 0.0908. The highest BCUT2D eigenvalue weighted by atomic mass is 32.2. The van der Waals surface area contributed by atoms with E-state index in [4.69, 9.17) is 0 Å². The average Bonchev–Trinajstić information content (AvgIpc) is 2.83. The van der Waals surface area contributed by atoms with Crippen molar-refractivity contribution in [2.24, 2.45) is 0 Å². The van der Waals surface area contributed by atoms with E-state index >= 15 is 0 Å². The van der Waals surface area contributed by atoms with Gasteiger partial charge in [0.1, 0.15) is 0 Å². The van der Waals surface area contributed by atoms with Gasteiger partial charge < -0.3 is 5.32 Å². The Balaban J connectivity index is 1.38. The van der Waals surface area contributed by atoms with Gasteiger partial charge in [-0.25, -0.2) is 8.42 Å². The molecule has 184 valence electrons. The Kier molecular flexibility index (Phi) is 7.57. The summed E-state index contributed by atoms with van der Waals surface area (Å²) in [5, 5.41) is 3.13. The number of piperidine rings is 1. The van der Waals surface area contributed by atoms with Crippen LogP contribution in [-0.2, 0) is 16.6 Å². The van der Waals surface area contributed by atoms with Crippen LogP contribution in [0.5, 0.6) is 0 Å². The van der Waals surface area contributed by atoms with Crippen LogP contribution in [0.2, 0.25) is 0 Å². The molecule has 0 atom stereocenters. The van der Waals surface area contributed by atoms with Gasteiger partial charge in [0, 0.05) is 36.9 Å². The zero-order valence-electron chi connectivity index (χ0n) is 20.5. The van der Waals surface area contributed by atoms with Gasteiger partial charge in [0.15, 0.2) is 0 Å². The fourth-order valence-corrected chi connectivity index (χ4v) is 5.46. The molecule has 1 heterocycles. The van der Waals surface area contributed by atoms with E-state index < -0.39 is 10.0 Å². The van der Waals surface area contributed by atoms with Gasteiger partial charge >= 0.3 is 0 Å². The first kappa shape index (κ1) is 24.9. The first-order valence-corrected chi connectivity index (χ1v) is 13.5. The van der Waals surface area contributed by atoms with Crippen LogP contribution in [0.25, 0.3) is 0 Å². The van der Waals surface area contributed by atoms with E-state index in [0.29, 0.717) is 11.3 Å². The molecule has 1 aliphatic rings. The monoisotopic (exact) mass is 491 g/mol. The molecule has 1 aliphatic heterocycles. The minimum Gasteiger partial charge on any atom is -0.349 e. The number of nitrogens with one attached hydrogen (secondary N) is 2. The number of hydrogen-bond donors (Lipinski definition) is 2. The summed E-state index contributed by atoms with van der Waals surface area (Å²) in [5.41, 5.74) is 5.30. The molecule has 7 heteroatoms. The van der Waals surface area contributed by atoms with Crippen LogP contribution in [0.3, 0.4) is 0 Å². The Bertz CT molecular complexity index is 1300. The van der Waals surface area contributed by atoms with Gasteiger partial charge in [0.25, 0.3) is 15.9 Å². The standard InChI is InChI=1S/C28H33N3O3S/c1-20-8-11-25(12-9-20)30-35(33,34)26-13-10-22(3)27(18-26)28(32)29-24-14-16-31(17-15-24)19-23-7-5-4-6-21(23)2/h4-13,18,24,30H,14-17,19H2,1-3H3,(H,29,32). The fourth-order valence-electron chi connectivity index (χ4n) is 4.38. The lowest BCUT2D eigenvalue weighted by atomic mass is 10.0. The summed E-state index contributed by atoms with van der Waals surface area (Å²) >= 11 is 0. The molecule has 1 amide bonds. The van der Waals surface area contributed by atoms with E-state index in [1.54, 1.807) is 18.2 Å². The number of anilines is 1. The highest BCUT2D eigenvalue weighted by Gasteiger charge is 2.23. The van der Waals surface area contributed by atoms with E-state index in [0.717, 1.165) is 43.6 Å². The molecule has 3 aromatic carbocycles. The SMILES string of the molecule is Cc1ccc(NS(=O)(=O)c2ccc(C)c(C(=O)NC3CCN(Cc4ccccc4C)CC3)c2)cc1. The summed E-state index contributed by atoms with van der Waals surface area (Å²) in [7, 11) is -3.81. The highest BCUT2D eigenvalue weighted by molar-refractivity contribution is 7.92. The van der Waals surface area contributed by atoms with E-state index in [1.807, 2.05) is 26.0 Å². The molecular weight excluding hydrogens is 458 g/mol. The molecule has 1 saturated heterocycles. The number of carbonyl (C=O) groups excluding carboxylic acids is 1. The number of likely N-dealkylation sites (tertiary alicyclic amines) is 1. The molecule has 6 nitrogen and oxygen atoms in total. The molecule has 0 bridgehead atoms. The summed E-state index contributed by atoms with van der Waals surface area (Å²) < 4.78 is 28.4. The zero-order chi connectivity index (χ0) is 25.0. The second-order valence-corrected chi connectivity index (χ2v) is 11.1. The lowest BCUT2D eigenvalue weighted by Crippen LogP contribution is -2.44. The molecule has 0 aliphatic carbocycles. The molecule has 2 N–H and O–H groups in total. The molecule has 0 spiro atoms. The fraction of sp³-hybridized carbons (Fsp3) is 0.321. The number of sulfonamides is 1. The number of aryl methyl sites for hydroxylation is 3. The summed E-state index contributed by atoms with van der Waals surface area (Å²) in [6.07, 6.45) is 1.73. The predicted molar refractivity (Wildman–Crippen MR) is 140 cm³/mol. The van der Waals surface area contributed by atoms with E-state index in [-0.39, 0.29) is 16.8 Å². The zero-order valence-corrected chi connectivity index (χ0v) is 21.4. The van der Waals surface area contributed by atoms with Crippen molar-refractivity contribution in [3.8, 4) is 0 Å². The maximum atomic E-state index is 13.1. The van der Waals surface area contributed by atoms with Crippen molar-refractivity contribution in [2.75, 3.05) is 17.8 Å². The first-order chi connectivity index (χ1) is 16.7. The van der Waals surface area contributed by atoms with Gasteiger partial charge in [-0.15, -0.1) is 0 Å². The van der Waals surface area contributed by atoms with Crippen LogP contribution in [0, 0.1) is 20.8 Å². The molecule has 0 unspecified atom stereocenters. The summed E-state index contributed by atoms with van der Waals surface area (Å²) in [5.74, 6) is -0.229. The number of rotatable bonds is 7. The van der Waals surface area contributed by atoms with Crippen molar-refractivity contribution in [2.45, 2.75) is 51.1 Å². The quantitative estimate of drug-likeness (QED) is 0.497. The Morgan fingerprint density at radius 3 is 2.29 bits per heavy atom. The number of nitrogens with zero attached hydrogens (tertiary/aromatic N) is 1. The maximum absolute atomic E-state index is 13.1. The van der Waals surface area contributed by atoms with Crippen LogP contribution in [0.1, 0.15) is 45.5 Å². The highest BCUT2D eigenvalue weighted by Crippen LogP contribution is 2.21. The van der Waals surface area contributed by atoms with Crippen molar-refractivity contribution in [3.05, 3.63) is 94.5 Å². The molecule has 35 heavy (non-hydrogen) atoms. The lowest BCUT2D eigenvalue weighted by Gasteiger charge is -2.32. The van der Waals surface area contributed by atoms with Gasteiger partial charge in [0.2, 0.25) is 0 Å². The Morgan fingerprint density at radius 2 is 1.60 bits per heavy atom. The first-order valence-electron chi connectivity index (χ1n) is 12.0. The van der Waals surface area contributed by atoms with E-state index in [2.05, 4.69) is 46.1 Å². The largest absolute Gasteiger partial charge is 0.349 e. The summed E-state index contributed by atoms with van der Waals surface area (Å²) in [4.78, 5) is 15.6. The van der Waals surface area contributed by atoms with Crippen molar-refractivity contribution in [3.63, 3.8) is 0 Å². The van der Waals surface area contributed by atoms with Gasteiger partial charge in [0.05, 0.1) is 4.90 Å². The minimum atomic E-state index is -3.81. The average molecular weight is 492 g/mol. The second kappa shape index (κ2) is 10.6. The van der Waals surface area contributed by atoms with Crippen molar-refractivity contribution in [1.29, 1.82) is 0 Å². The van der Waals surface area contributed by atoms with Crippen LogP contribution < -0.4 is 10.0 Å². The van der Waals surface area contributed by atoms with E-state index in [1.165, 1.54) is 23.3 Å². The third-order valence-corrected chi connectivity index (χ3v) is 8.02. The van der Waals surface area contributed by atoms with Crippen LogP contribution in [-0.4, -0.2) is 38.4 Å². The molecule has 0 radical (unpaired) electrons. The van der Waals surface area contributed by atoms with Crippen LogP contribution in [0.4, 0.5) is 5.69 Å². The second-order valence-electron chi connectivity index (χ2n) is 9.40. The topological polar surface area (TPSA) is 78.5 Å². The Morgan fingerprint density at radius 1 is 0.914 bits per heavy atom. The van der Waals surface area contributed by atoms with Crippen LogP contribution in [0.15, 0.2) is 71.6 Å². The van der Waals surface area contributed by atoms with Gasteiger partial charge in [-0.2, -0.15) is 0 Å². The smallest absolute Gasteiger partial charge is 0.261 e. The summed E-state index contributed by atoms with van der Waals surface area (Å²) in [6, 6.07) is 20.3. The Labute approximate surface area is 208 Å². The number of benzene rings is 3. The van der Waals surface area contributed by atoms with E-state index in [9.17, 15) is 13.2 Å². The van der Waals surface area contributed by atoms with Crippen molar-refractivity contribution in [1.82, 2.24) is 10.2 Å². The van der Waals surface area contributed by atoms with Gasteiger partial charge in [-0.3, -0.25) is 14.4 Å². The minimum absolute atomic E-state index is 0.0703. The molecule has 3 aromatic rings. The maximum Gasteiger partial charge on any atom is 0.261 e. The molecule has 0 aromatic heterocycles. The normalized spacial score (nSPS) is 15.1. The number of amides is 1. The van der Waals surface area contributed by atoms with Crippen molar-refractivity contribution >= 4 is 21.6 Å².